The Morgan fingerprint density at radius 3 is 2.93 bits per heavy atom. The molecule has 2 aromatic rings. The Morgan fingerprint density at radius 1 is 1.31 bits per heavy atom. The Morgan fingerprint density at radius 2 is 2.17 bits per heavy atom. The van der Waals surface area contributed by atoms with Crippen LogP contribution in [0.1, 0.15) is 55.1 Å². The Balaban J connectivity index is 1.44. The molecule has 156 valence electrons. The summed E-state index contributed by atoms with van der Waals surface area (Å²) in [6.45, 7) is 2.98. The molecule has 2 heterocycles. The molecule has 1 aromatic heterocycles. The predicted octanol–water partition coefficient (Wildman–Crippen LogP) is 4.41. The van der Waals surface area contributed by atoms with E-state index in [0.717, 1.165) is 56.1 Å². The van der Waals surface area contributed by atoms with Crippen LogP contribution in [0.5, 0.6) is 5.75 Å². The molecule has 1 amide bonds. The number of rotatable bonds is 7. The van der Waals surface area contributed by atoms with Gasteiger partial charge in [-0.25, -0.2) is 4.98 Å². The average Bonchev–Trinajstić information content (AvgIpc) is 3.46. The van der Waals surface area contributed by atoms with Gasteiger partial charge >= 0.3 is 0 Å². The molecule has 0 radical (unpaired) electrons. The number of benzene rings is 1. The Labute approximate surface area is 177 Å². The van der Waals surface area contributed by atoms with Crippen molar-refractivity contribution in [2.75, 3.05) is 20.2 Å². The molecule has 1 saturated carbocycles. The van der Waals surface area contributed by atoms with Gasteiger partial charge in [0.1, 0.15) is 10.8 Å². The van der Waals surface area contributed by atoms with Crippen molar-refractivity contribution in [2.45, 2.75) is 51.1 Å². The van der Waals surface area contributed by atoms with Crippen LogP contribution in [0.15, 0.2) is 35.8 Å². The van der Waals surface area contributed by atoms with E-state index in [9.17, 15) is 4.79 Å². The maximum atomic E-state index is 12.9. The molecule has 6 heteroatoms. The van der Waals surface area contributed by atoms with Gasteiger partial charge in [-0.1, -0.05) is 25.0 Å². The van der Waals surface area contributed by atoms with E-state index in [-0.39, 0.29) is 17.9 Å². The molecule has 1 aliphatic carbocycles. The largest absolute Gasteiger partial charge is 0.497 e. The summed E-state index contributed by atoms with van der Waals surface area (Å²) in [6.07, 6.45) is 8.55. The van der Waals surface area contributed by atoms with E-state index < -0.39 is 0 Å². The zero-order valence-electron chi connectivity index (χ0n) is 17.2. The Bertz CT molecular complexity index is 789. The van der Waals surface area contributed by atoms with Gasteiger partial charge in [-0.15, -0.1) is 11.3 Å². The van der Waals surface area contributed by atoms with Crippen LogP contribution in [0.2, 0.25) is 0 Å². The molecule has 4 rings (SSSR count). The topological polar surface area (TPSA) is 54.5 Å². The van der Waals surface area contributed by atoms with Gasteiger partial charge in [-0.2, -0.15) is 0 Å². The van der Waals surface area contributed by atoms with Gasteiger partial charge in [-0.3, -0.25) is 9.69 Å². The van der Waals surface area contributed by atoms with Gasteiger partial charge in [0.05, 0.1) is 13.2 Å². The molecule has 2 aliphatic rings. The lowest BCUT2D eigenvalue weighted by Gasteiger charge is -2.37. The summed E-state index contributed by atoms with van der Waals surface area (Å²) in [5.74, 6) is 1.72. The molecule has 2 atom stereocenters. The molecule has 1 N–H and O–H groups in total. The second-order valence-electron chi connectivity index (χ2n) is 8.33. The number of ether oxygens (including phenoxy) is 1. The number of thiazole rings is 1. The van der Waals surface area contributed by atoms with Crippen molar-refractivity contribution in [1.82, 2.24) is 15.2 Å². The molecule has 29 heavy (non-hydrogen) atoms. The van der Waals surface area contributed by atoms with Gasteiger partial charge in [-0.05, 0) is 55.8 Å². The van der Waals surface area contributed by atoms with E-state index in [2.05, 4.69) is 33.4 Å². The summed E-state index contributed by atoms with van der Waals surface area (Å²) < 4.78 is 5.37. The van der Waals surface area contributed by atoms with Gasteiger partial charge in [0, 0.05) is 30.6 Å². The Hall–Kier alpha value is -1.92. The van der Waals surface area contributed by atoms with E-state index in [0.29, 0.717) is 5.92 Å². The van der Waals surface area contributed by atoms with Crippen LogP contribution in [0.3, 0.4) is 0 Å². The fourth-order valence-electron chi connectivity index (χ4n) is 4.76. The second-order valence-corrected chi connectivity index (χ2v) is 9.25. The number of nitrogens with one attached hydrogen (secondary N) is 1. The van der Waals surface area contributed by atoms with Gasteiger partial charge in [0.25, 0.3) is 0 Å². The number of nitrogens with zero attached hydrogens (tertiary/aromatic N) is 2. The van der Waals surface area contributed by atoms with Crippen molar-refractivity contribution in [3.05, 3.63) is 46.4 Å². The highest BCUT2D eigenvalue weighted by molar-refractivity contribution is 7.09. The van der Waals surface area contributed by atoms with Crippen molar-refractivity contribution in [3.63, 3.8) is 0 Å². The molecular formula is C23H31N3O2S. The average molecular weight is 414 g/mol. The molecule has 0 bridgehead atoms. The molecule has 2 unspecified atom stereocenters. The lowest BCUT2D eigenvalue weighted by atomic mass is 9.90. The highest BCUT2D eigenvalue weighted by atomic mass is 32.1. The third-order valence-electron chi connectivity index (χ3n) is 6.29. The maximum Gasteiger partial charge on any atom is 0.223 e. The van der Waals surface area contributed by atoms with Crippen molar-refractivity contribution < 1.29 is 9.53 Å². The highest BCUT2D eigenvalue weighted by Crippen LogP contribution is 2.33. The predicted molar refractivity (Wildman–Crippen MR) is 116 cm³/mol. The molecule has 1 saturated heterocycles. The van der Waals surface area contributed by atoms with Crippen molar-refractivity contribution >= 4 is 17.2 Å². The first kappa shape index (κ1) is 20.4. The number of carbonyl (C=O) groups is 1. The number of hydrogen-bond donors (Lipinski definition) is 1. The minimum Gasteiger partial charge on any atom is -0.497 e. The lowest BCUT2D eigenvalue weighted by molar-refractivity contribution is -0.126. The Kier molecular flexibility index (Phi) is 6.82. The fourth-order valence-corrected chi connectivity index (χ4v) is 5.55. The third kappa shape index (κ3) is 5.17. The quantitative estimate of drug-likeness (QED) is 0.730. The number of piperidine rings is 1. The minimum absolute atomic E-state index is 0.0243. The third-order valence-corrected chi connectivity index (χ3v) is 7.15. The van der Waals surface area contributed by atoms with Crippen LogP contribution in [-0.4, -0.2) is 36.0 Å². The number of methoxy groups -OCH3 is 1. The van der Waals surface area contributed by atoms with Crippen molar-refractivity contribution in [2.24, 2.45) is 11.8 Å². The van der Waals surface area contributed by atoms with Gasteiger partial charge in [0.15, 0.2) is 0 Å². The van der Waals surface area contributed by atoms with Crippen molar-refractivity contribution in [3.8, 4) is 5.75 Å². The zero-order valence-corrected chi connectivity index (χ0v) is 18.0. The summed E-state index contributed by atoms with van der Waals surface area (Å²) >= 11 is 1.66. The van der Waals surface area contributed by atoms with E-state index in [1.165, 1.54) is 18.4 Å². The molecule has 1 aliphatic heterocycles. The molecule has 1 aromatic carbocycles. The van der Waals surface area contributed by atoms with Gasteiger partial charge < -0.3 is 10.1 Å². The monoisotopic (exact) mass is 413 g/mol. The number of amides is 1. The van der Waals surface area contributed by atoms with E-state index in [1.54, 1.807) is 18.4 Å². The summed E-state index contributed by atoms with van der Waals surface area (Å²) in [4.78, 5) is 20.0. The standard InChI is InChI=1S/C23H31N3O2S/c1-28-20-10-4-6-17(14-20)15-26-12-5-9-19(16-26)21(23-24-11-13-29-23)25-22(27)18-7-2-3-8-18/h4,6,10-11,13-14,18-19,21H,2-3,5,7-9,12,15-16H2,1H3,(H,25,27). The summed E-state index contributed by atoms with van der Waals surface area (Å²) in [7, 11) is 1.71. The van der Waals surface area contributed by atoms with Crippen LogP contribution in [0.25, 0.3) is 0 Å². The molecule has 2 fully saturated rings. The SMILES string of the molecule is COc1cccc(CN2CCCC(C(NC(=O)C3CCCC3)c3nccs3)C2)c1. The smallest absolute Gasteiger partial charge is 0.223 e. The van der Waals surface area contributed by atoms with Gasteiger partial charge in [0.2, 0.25) is 5.91 Å². The summed E-state index contributed by atoms with van der Waals surface area (Å²) in [5, 5.41) is 6.46. The summed E-state index contributed by atoms with van der Waals surface area (Å²) in [6, 6.07) is 8.34. The zero-order chi connectivity index (χ0) is 20.1. The normalized spacial score (nSPS) is 21.8. The number of carbonyl (C=O) groups excluding carboxylic acids is 1. The van der Waals surface area contributed by atoms with E-state index >= 15 is 0 Å². The van der Waals surface area contributed by atoms with Crippen LogP contribution in [-0.2, 0) is 11.3 Å². The van der Waals surface area contributed by atoms with Crippen LogP contribution >= 0.6 is 11.3 Å². The number of likely N-dealkylation sites (tertiary alicyclic amines) is 1. The number of hydrogen-bond acceptors (Lipinski definition) is 5. The molecule has 0 spiro atoms. The van der Waals surface area contributed by atoms with Crippen LogP contribution < -0.4 is 10.1 Å². The second kappa shape index (κ2) is 9.72. The minimum atomic E-state index is 0.0243. The van der Waals surface area contributed by atoms with Crippen LogP contribution in [0, 0.1) is 11.8 Å². The maximum absolute atomic E-state index is 12.9. The summed E-state index contributed by atoms with van der Waals surface area (Å²) in [5.41, 5.74) is 1.27. The van der Waals surface area contributed by atoms with Crippen molar-refractivity contribution in [1.29, 1.82) is 0 Å². The van der Waals surface area contributed by atoms with E-state index in [4.69, 9.17) is 4.74 Å². The first-order chi connectivity index (χ1) is 14.2. The lowest BCUT2D eigenvalue weighted by Crippen LogP contribution is -2.43. The first-order valence-corrected chi connectivity index (χ1v) is 11.7. The number of aromatic nitrogens is 1. The van der Waals surface area contributed by atoms with E-state index in [1.807, 2.05) is 17.6 Å². The van der Waals surface area contributed by atoms with Crippen LogP contribution in [0.4, 0.5) is 0 Å². The molecular weight excluding hydrogens is 382 g/mol. The highest BCUT2D eigenvalue weighted by Gasteiger charge is 2.33. The fraction of sp³-hybridized carbons (Fsp3) is 0.565. The first-order valence-electron chi connectivity index (χ1n) is 10.8. The molecule has 5 nitrogen and oxygen atoms in total.